The lowest BCUT2D eigenvalue weighted by Gasteiger charge is -2.11. The van der Waals surface area contributed by atoms with Crippen LogP contribution in [-0.4, -0.2) is 22.1 Å². The first-order valence-electron chi connectivity index (χ1n) is 7.52. The van der Waals surface area contributed by atoms with Crippen LogP contribution in [0.25, 0.3) is 0 Å². The van der Waals surface area contributed by atoms with Gasteiger partial charge in [0.05, 0.1) is 6.42 Å². The molecule has 1 heterocycles. The Labute approximate surface area is 131 Å². The summed E-state index contributed by atoms with van der Waals surface area (Å²) >= 11 is 0. The van der Waals surface area contributed by atoms with Crippen molar-refractivity contribution in [2.24, 2.45) is 0 Å². The van der Waals surface area contributed by atoms with E-state index in [4.69, 9.17) is 0 Å². The van der Waals surface area contributed by atoms with Gasteiger partial charge in [0, 0.05) is 6.04 Å². The summed E-state index contributed by atoms with van der Waals surface area (Å²) in [6.07, 6.45) is 1.34. The summed E-state index contributed by atoms with van der Waals surface area (Å²) in [5, 5.41) is 14.1. The first-order chi connectivity index (χ1) is 10.6. The Kier molecular flexibility index (Phi) is 5.47. The van der Waals surface area contributed by atoms with Crippen molar-refractivity contribution in [1.82, 2.24) is 10.2 Å². The normalized spacial score (nSPS) is 11.8. The second kappa shape index (κ2) is 7.54. The fourth-order valence-electron chi connectivity index (χ4n) is 1.91. The van der Waals surface area contributed by atoms with Gasteiger partial charge >= 0.3 is 0 Å². The number of hydrogen-bond donors (Lipinski definition) is 2. The average molecular weight is 298 g/mol. The summed E-state index contributed by atoms with van der Waals surface area (Å²) in [5.41, 5.74) is 2.16. The fraction of sp³-hybridized carbons (Fsp3) is 0.353. The van der Waals surface area contributed by atoms with Crippen LogP contribution in [0.4, 0.5) is 11.6 Å². The van der Waals surface area contributed by atoms with E-state index in [0.29, 0.717) is 24.1 Å². The summed E-state index contributed by atoms with van der Waals surface area (Å²) in [4.78, 5) is 12.0. The zero-order valence-corrected chi connectivity index (χ0v) is 13.3. The van der Waals surface area contributed by atoms with Crippen LogP contribution in [0.2, 0.25) is 0 Å². The molecule has 2 rings (SSSR count). The molecule has 5 heteroatoms. The summed E-state index contributed by atoms with van der Waals surface area (Å²) in [7, 11) is 0. The summed E-state index contributed by atoms with van der Waals surface area (Å²) in [6, 6.07) is 11.8. The number of rotatable bonds is 6. The van der Waals surface area contributed by atoms with Crippen LogP contribution < -0.4 is 10.6 Å². The molecule has 0 fully saturated rings. The minimum absolute atomic E-state index is 0.0965. The van der Waals surface area contributed by atoms with Crippen molar-refractivity contribution in [3.63, 3.8) is 0 Å². The number of carbonyl (C=O) groups excluding carboxylic acids is 1. The third-order valence-corrected chi connectivity index (χ3v) is 3.42. The monoisotopic (exact) mass is 298 g/mol. The number of hydrogen-bond acceptors (Lipinski definition) is 4. The second-order valence-electron chi connectivity index (χ2n) is 5.47. The molecule has 22 heavy (non-hydrogen) atoms. The first-order valence-corrected chi connectivity index (χ1v) is 7.52. The third kappa shape index (κ3) is 4.84. The minimum Gasteiger partial charge on any atom is -0.366 e. The fourth-order valence-corrected chi connectivity index (χ4v) is 1.91. The number of benzene rings is 1. The van der Waals surface area contributed by atoms with Gasteiger partial charge in [-0.25, -0.2) is 0 Å². The maximum Gasteiger partial charge on any atom is 0.229 e. The summed E-state index contributed by atoms with van der Waals surface area (Å²) < 4.78 is 0. The number of carbonyl (C=O) groups is 1. The zero-order valence-electron chi connectivity index (χ0n) is 13.3. The molecule has 0 spiro atoms. The highest BCUT2D eigenvalue weighted by atomic mass is 16.1. The van der Waals surface area contributed by atoms with E-state index in [1.54, 1.807) is 6.07 Å². The highest BCUT2D eigenvalue weighted by Gasteiger charge is 2.06. The van der Waals surface area contributed by atoms with Crippen LogP contribution in [0, 0.1) is 6.92 Å². The van der Waals surface area contributed by atoms with Crippen LogP contribution in [0.5, 0.6) is 0 Å². The van der Waals surface area contributed by atoms with Gasteiger partial charge in [-0.2, -0.15) is 0 Å². The molecule has 0 saturated carbocycles. The molecule has 0 aliphatic rings. The number of aryl methyl sites for hydroxylation is 1. The molecule has 1 aromatic heterocycles. The molecule has 5 nitrogen and oxygen atoms in total. The lowest BCUT2D eigenvalue weighted by atomic mass is 10.1. The smallest absolute Gasteiger partial charge is 0.229 e. The lowest BCUT2D eigenvalue weighted by molar-refractivity contribution is -0.115. The first kappa shape index (κ1) is 15.9. The standard InChI is InChI=1S/C17H22N4O/c1-4-13(3)18-15-9-10-16(21-20-15)19-17(22)11-14-7-5-12(2)6-8-14/h5-10,13H,4,11H2,1-3H3,(H,18,20)(H,19,21,22). The highest BCUT2D eigenvalue weighted by Crippen LogP contribution is 2.09. The van der Waals surface area contributed by atoms with Crippen LogP contribution in [0.1, 0.15) is 31.4 Å². The van der Waals surface area contributed by atoms with Gasteiger partial charge in [-0.3, -0.25) is 4.79 Å². The Bertz CT molecular complexity index is 608. The van der Waals surface area contributed by atoms with Crippen LogP contribution in [0.15, 0.2) is 36.4 Å². The van der Waals surface area contributed by atoms with E-state index in [1.807, 2.05) is 37.3 Å². The van der Waals surface area contributed by atoms with Crippen molar-refractivity contribution < 1.29 is 4.79 Å². The SMILES string of the molecule is CCC(C)Nc1ccc(NC(=O)Cc2ccc(C)cc2)nn1. The summed E-state index contributed by atoms with van der Waals surface area (Å²) in [5.74, 6) is 1.08. The number of aromatic nitrogens is 2. The molecule has 116 valence electrons. The maximum absolute atomic E-state index is 12.0. The van der Waals surface area contributed by atoms with Crippen molar-refractivity contribution in [2.45, 2.75) is 39.7 Å². The van der Waals surface area contributed by atoms with Gasteiger partial charge in [-0.15, -0.1) is 10.2 Å². The average Bonchev–Trinajstić information content (AvgIpc) is 2.51. The van der Waals surface area contributed by atoms with Gasteiger partial charge in [-0.05, 0) is 38.0 Å². The molecule has 0 aliphatic heterocycles. The van der Waals surface area contributed by atoms with E-state index >= 15 is 0 Å². The predicted octanol–water partition coefficient (Wildman–Crippen LogP) is 3.18. The van der Waals surface area contributed by atoms with Gasteiger partial charge in [-0.1, -0.05) is 36.8 Å². The molecule has 1 atom stereocenters. The van der Waals surface area contributed by atoms with E-state index in [9.17, 15) is 4.79 Å². The van der Waals surface area contributed by atoms with Crippen molar-refractivity contribution in [1.29, 1.82) is 0 Å². The lowest BCUT2D eigenvalue weighted by Crippen LogP contribution is -2.17. The second-order valence-corrected chi connectivity index (χ2v) is 5.47. The van der Waals surface area contributed by atoms with Crippen LogP contribution in [0.3, 0.4) is 0 Å². The van der Waals surface area contributed by atoms with Crippen LogP contribution in [-0.2, 0) is 11.2 Å². The molecule has 0 aliphatic carbocycles. The predicted molar refractivity (Wildman–Crippen MR) is 88.9 cm³/mol. The van der Waals surface area contributed by atoms with Gasteiger partial charge < -0.3 is 10.6 Å². The number of amides is 1. The largest absolute Gasteiger partial charge is 0.366 e. The zero-order chi connectivity index (χ0) is 15.9. The Morgan fingerprint density at radius 2 is 1.73 bits per heavy atom. The van der Waals surface area contributed by atoms with Gasteiger partial charge in [0.2, 0.25) is 5.91 Å². The Balaban J connectivity index is 1.90. The molecule has 1 unspecified atom stereocenters. The number of anilines is 2. The van der Waals surface area contributed by atoms with Gasteiger partial charge in [0.25, 0.3) is 0 Å². The third-order valence-electron chi connectivity index (χ3n) is 3.42. The summed E-state index contributed by atoms with van der Waals surface area (Å²) in [6.45, 7) is 6.21. The van der Waals surface area contributed by atoms with E-state index in [0.717, 1.165) is 12.0 Å². The van der Waals surface area contributed by atoms with E-state index in [-0.39, 0.29) is 5.91 Å². The Hall–Kier alpha value is -2.43. The topological polar surface area (TPSA) is 66.9 Å². The molecule has 2 N–H and O–H groups in total. The molecule has 0 radical (unpaired) electrons. The number of nitrogens with zero attached hydrogens (tertiary/aromatic N) is 2. The molecule has 0 bridgehead atoms. The highest BCUT2D eigenvalue weighted by molar-refractivity contribution is 5.91. The van der Waals surface area contributed by atoms with Gasteiger partial charge in [0.15, 0.2) is 5.82 Å². The number of nitrogens with one attached hydrogen (secondary N) is 2. The van der Waals surface area contributed by atoms with Crippen molar-refractivity contribution in [3.8, 4) is 0 Å². The molecule has 1 amide bonds. The molecule has 2 aromatic rings. The minimum atomic E-state index is -0.0965. The van der Waals surface area contributed by atoms with Crippen molar-refractivity contribution >= 4 is 17.5 Å². The van der Waals surface area contributed by atoms with E-state index in [2.05, 4.69) is 34.7 Å². The van der Waals surface area contributed by atoms with E-state index in [1.165, 1.54) is 5.56 Å². The molecule has 1 aromatic carbocycles. The quantitative estimate of drug-likeness (QED) is 0.859. The van der Waals surface area contributed by atoms with Crippen LogP contribution >= 0.6 is 0 Å². The van der Waals surface area contributed by atoms with Gasteiger partial charge in [0.1, 0.15) is 5.82 Å². The Morgan fingerprint density at radius 1 is 1.09 bits per heavy atom. The molecule has 0 saturated heterocycles. The van der Waals surface area contributed by atoms with Crippen molar-refractivity contribution in [2.75, 3.05) is 10.6 Å². The maximum atomic E-state index is 12.0. The Morgan fingerprint density at radius 3 is 2.32 bits per heavy atom. The molecular weight excluding hydrogens is 276 g/mol. The van der Waals surface area contributed by atoms with E-state index < -0.39 is 0 Å². The molecular formula is C17H22N4O. The van der Waals surface area contributed by atoms with Crippen molar-refractivity contribution in [3.05, 3.63) is 47.5 Å².